The lowest BCUT2D eigenvalue weighted by molar-refractivity contribution is 0.110. The molecule has 0 aliphatic carbocycles. The number of likely N-dealkylation sites (tertiary alicyclic amines) is 1. The number of nitriles is 1. The van der Waals surface area contributed by atoms with E-state index < -0.39 is 0 Å². The SMILES string of the molecule is CCNC(C)(C#N)CCCN1CCCC(C)C1C. The Bertz CT molecular complexity index is 284. The van der Waals surface area contributed by atoms with Crippen molar-refractivity contribution in [2.24, 2.45) is 5.92 Å². The second-order valence-electron chi connectivity index (χ2n) is 5.97. The number of nitrogens with zero attached hydrogens (tertiary/aromatic N) is 2. The summed E-state index contributed by atoms with van der Waals surface area (Å²) >= 11 is 0. The molecule has 104 valence electrons. The van der Waals surface area contributed by atoms with Crippen LogP contribution in [-0.4, -0.2) is 36.1 Å². The topological polar surface area (TPSA) is 39.1 Å². The minimum atomic E-state index is -0.348. The minimum Gasteiger partial charge on any atom is -0.300 e. The molecule has 0 saturated carbocycles. The van der Waals surface area contributed by atoms with E-state index in [1.807, 2.05) is 6.92 Å². The highest BCUT2D eigenvalue weighted by atomic mass is 15.2. The molecule has 3 nitrogen and oxygen atoms in total. The van der Waals surface area contributed by atoms with Crippen LogP contribution in [0.1, 0.15) is 53.4 Å². The molecule has 3 atom stereocenters. The predicted molar refractivity (Wildman–Crippen MR) is 76.4 cm³/mol. The van der Waals surface area contributed by atoms with Crippen LogP contribution in [-0.2, 0) is 0 Å². The van der Waals surface area contributed by atoms with Crippen LogP contribution in [0, 0.1) is 17.2 Å². The van der Waals surface area contributed by atoms with Gasteiger partial charge in [0.1, 0.15) is 5.54 Å². The number of hydrogen-bond acceptors (Lipinski definition) is 3. The van der Waals surface area contributed by atoms with Gasteiger partial charge in [-0.2, -0.15) is 5.26 Å². The van der Waals surface area contributed by atoms with Crippen molar-refractivity contribution >= 4 is 0 Å². The standard InChI is InChI=1S/C15H29N3/c1-5-17-15(4,12-16)9-7-11-18-10-6-8-13(2)14(18)3/h13-14,17H,5-11H2,1-4H3. The van der Waals surface area contributed by atoms with Gasteiger partial charge in [-0.3, -0.25) is 5.32 Å². The Morgan fingerprint density at radius 3 is 2.78 bits per heavy atom. The van der Waals surface area contributed by atoms with Gasteiger partial charge in [0, 0.05) is 6.04 Å². The van der Waals surface area contributed by atoms with E-state index in [2.05, 4.69) is 37.1 Å². The molecule has 0 spiro atoms. The van der Waals surface area contributed by atoms with E-state index in [9.17, 15) is 5.26 Å². The first-order valence-electron chi connectivity index (χ1n) is 7.42. The molecule has 0 bridgehead atoms. The lowest BCUT2D eigenvalue weighted by Crippen LogP contribution is -2.44. The molecule has 3 unspecified atom stereocenters. The summed E-state index contributed by atoms with van der Waals surface area (Å²) in [6, 6.07) is 3.11. The lowest BCUT2D eigenvalue weighted by Gasteiger charge is -2.38. The molecule has 1 heterocycles. The number of nitrogens with one attached hydrogen (secondary N) is 1. The predicted octanol–water partition coefficient (Wildman–Crippen LogP) is 2.78. The highest BCUT2D eigenvalue weighted by Crippen LogP contribution is 2.23. The first kappa shape index (κ1) is 15.5. The van der Waals surface area contributed by atoms with Crippen molar-refractivity contribution in [3.8, 4) is 6.07 Å². The summed E-state index contributed by atoms with van der Waals surface area (Å²) in [7, 11) is 0. The van der Waals surface area contributed by atoms with Crippen molar-refractivity contribution in [1.82, 2.24) is 10.2 Å². The Morgan fingerprint density at radius 2 is 2.17 bits per heavy atom. The van der Waals surface area contributed by atoms with E-state index in [4.69, 9.17) is 0 Å². The number of rotatable bonds is 6. The van der Waals surface area contributed by atoms with E-state index in [-0.39, 0.29) is 5.54 Å². The third kappa shape index (κ3) is 4.26. The van der Waals surface area contributed by atoms with E-state index >= 15 is 0 Å². The Balaban J connectivity index is 2.34. The van der Waals surface area contributed by atoms with Crippen LogP contribution >= 0.6 is 0 Å². The molecule has 1 saturated heterocycles. The molecule has 0 aromatic carbocycles. The normalized spacial score (nSPS) is 28.6. The summed E-state index contributed by atoms with van der Waals surface area (Å²) in [5, 5.41) is 12.5. The van der Waals surface area contributed by atoms with E-state index in [1.165, 1.54) is 19.4 Å². The van der Waals surface area contributed by atoms with Crippen LogP contribution in [0.25, 0.3) is 0 Å². The Labute approximate surface area is 113 Å². The molecule has 1 rings (SSSR count). The summed E-state index contributed by atoms with van der Waals surface area (Å²) in [6.07, 6.45) is 4.74. The zero-order chi connectivity index (χ0) is 13.6. The van der Waals surface area contributed by atoms with Gasteiger partial charge in [0.15, 0.2) is 0 Å². The van der Waals surface area contributed by atoms with Crippen LogP contribution in [0.4, 0.5) is 0 Å². The van der Waals surface area contributed by atoms with Crippen LogP contribution < -0.4 is 5.32 Å². The van der Waals surface area contributed by atoms with E-state index in [1.54, 1.807) is 0 Å². The van der Waals surface area contributed by atoms with Gasteiger partial charge in [-0.15, -0.1) is 0 Å². The maximum absolute atomic E-state index is 9.22. The van der Waals surface area contributed by atoms with Gasteiger partial charge in [0.05, 0.1) is 6.07 Å². The molecule has 1 aliphatic rings. The molecule has 0 amide bonds. The molecule has 1 fully saturated rings. The van der Waals surface area contributed by atoms with Gasteiger partial charge in [-0.25, -0.2) is 0 Å². The van der Waals surface area contributed by atoms with Gasteiger partial charge in [0.25, 0.3) is 0 Å². The van der Waals surface area contributed by atoms with Crippen molar-refractivity contribution in [3.63, 3.8) is 0 Å². The lowest BCUT2D eigenvalue weighted by atomic mass is 9.91. The molecule has 0 aromatic heterocycles. The van der Waals surface area contributed by atoms with Gasteiger partial charge in [-0.1, -0.05) is 13.8 Å². The van der Waals surface area contributed by atoms with Crippen LogP contribution in [0.5, 0.6) is 0 Å². The van der Waals surface area contributed by atoms with E-state index in [0.29, 0.717) is 6.04 Å². The van der Waals surface area contributed by atoms with Crippen LogP contribution in [0.15, 0.2) is 0 Å². The summed E-state index contributed by atoms with van der Waals surface area (Å²) < 4.78 is 0. The smallest absolute Gasteiger partial charge is 0.103 e. The van der Waals surface area contributed by atoms with Crippen molar-refractivity contribution in [2.45, 2.75) is 65.0 Å². The number of piperidine rings is 1. The van der Waals surface area contributed by atoms with Crippen molar-refractivity contribution < 1.29 is 0 Å². The fraction of sp³-hybridized carbons (Fsp3) is 0.933. The fourth-order valence-electron chi connectivity index (χ4n) is 2.95. The largest absolute Gasteiger partial charge is 0.300 e. The number of hydrogen-bond donors (Lipinski definition) is 1. The second kappa shape index (κ2) is 7.11. The highest BCUT2D eigenvalue weighted by molar-refractivity contribution is 5.03. The quantitative estimate of drug-likeness (QED) is 0.789. The minimum absolute atomic E-state index is 0.348. The second-order valence-corrected chi connectivity index (χ2v) is 5.97. The van der Waals surface area contributed by atoms with E-state index in [0.717, 1.165) is 31.8 Å². The Morgan fingerprint density at radius 1 is 1.44 bits per heavy atom. The molecule has 1 N–H and O–H groups in total. The zero-order valence-corrected chi connectivity index (χ0v) is 12.5. The third-order valence-electron chi connectivity index (χ3n) is 4.44. The van der Waals surface area contributed by atoms with Gasteiger partial charge < -0.3 is 4.90 Å². The van der Waals surface area contributed by atoms with Crippen molar-refractivity contribution in [3.05, 3.63) is 0 Å². The summed E-state index contributed by atoms with van der Waals surface area (Å²) in [5.74, 6) is 0.815. The maximum Gasteiger partial charge on any atom is 0.103 e. The average Bonchev–Trinajstić information content (AvgIpc) is 2.35. The molecule has 0 radical (unpaired) electrons. The first-order chi connectivity index (χ1) is 8.52. The highest BCUT2D eigenvalue weighted by Gasteiger charge is 2.26. The molecule has 18 heavy (non-hydrogen) atoms. The third-order valence-corrected chi connectivity index (χ3v) is 4.44. The van der Waals surface area contributed by atoms with Crippen molar-refractivity contribution in [1.29, 1.82) is 5.26 Å². The Kier molecular flexibility index (Phi) is 6.11. The van der Waals surface area contributed by atoms with Crippen LogP contribution in [0.3, 0.4) is 0 Å². The average molecular weight is 251 g/mol. The molecule has 1 aliphatic heterocycles. The molecular weight excluding hydrogens is 222 g/mol. The van der Waals surface area contributed by atoms with Gasteiger partial charge in [-0.05, 0) is 65.1 Å². The first-order valence-corrected chi connectivity index (χ1v) is 7.42. The Hall–Kier alpha value is -0.590. The van der Waals surface area contributed by atoms with Gasteiger partial charge in [0.2, 0.25) is 0 Å². The molecular formula is C15H29N3. The summed E-state index contributed by atoms with van der Waals surface area (Å²) in [4.78, 5) is 2.60. The fourth-order valence-corrected chi connectivity index (χ4v) is 2.95. The summed E-state index contributed by atoms with van der Waals surface area (Å²) in [6.45, 7) is 12.0. The summed E-state index contributed by atoms with van der Waals surface area (Å²) in [5.41, 5.74) is -0.348. The maximum atomic E-state index is 9.22. The monoisotopic (exact) mass is 251 g/mol. The molecule has 3 heteroatoms. The van der Waals surface area contributed by atoms with Crippen molar-refractivity contribution in [2.75, 3.05) is 19.6 Å². The van der Waals surface area contributed by atoms with Crippen LogP contribution in [0.2, 0.25) is 0 Å². The van der Waals surface area contributed by atoms with Gasteiger partial charge >= 0.3 is 0 Å². The molecule has 0 aromatic rings. The zero-order valence-electron chi connectivity index (χ0n) is 12.5.